The average molecular weight is 480 g/mol. The number of piperidine rings is 1. The van der Waals surface area contributed by atoms with Crippen LogP contribution in [0.3, 0.4) is 0 Å². The molecule has 0 bridgehead atoms. The number of halogens is 1. The predicted molar refractivity (Wildman–Crippen MR) is 120 cm³/mol. The van der Waals surface area contributed by atoms with Crippen LogP contribution in [-0.2, 0) is 27.5 Å². The minimum Gasteiger partial charge on any atom is -0.478 e. The molecular weight excluding hydrogens is 462 g/mol. The summed E-state index contributed by atoms with van der Waals surface area (Å²) in [7, 11) is 0. The van der Waals surface area contributed by atoms with E-state index in [-0.39, 0.29) is 48.3 Å². The highest BCUT2D eigenvalue weighted by molar-refractivity contribution is 6.32. The van der Waals surface area contributed by atoms with Crippen molar-refractivity contribution < 1.29 is 29.1 Å². The van der Waals surface area contributed by atoms with Crippen molar-refractivity contribution in [3.8, 4) is 11.8 Å². The van der Waals surface area contributed by atoms with Crippen LogP contribution in [0, 0.1) is 11.8 Å². The number of imide groups is 1. The molecule has 9 nitrogen and oxygen atoms in total. The minimum absolute atomic E-state index is 0.0197. The molecule has 2 aliphatic rings. The van der Waals surface area contributed by atoms with Gasteiger partial charge in [-0.2, -0.15) is 0 Å². The lowest BCUT2D eigenvalue weighted by molar-refractivity contribution is -0.137. The summed E-state index contributed by atoms with van der Waals surface area (Å²) in [6.07, 6.45) is 0.471. The third kappa shape index (κ3) is 4.77. The Bertz CT molecular complexity index is 1310. The molecule has 0 spiro atoms. The van der Waals surface area contributed by atoms with E-state index in [0.717, 1.165) is 11.1 Å². The standard InChI is InChI=1S/C24H18ClN3O6/c25-18-10-15(24(33)34)3-2-14(18)4-7-20(29)26-11-13-1-5-17-16(9-13)12-28(23(17)32)19-6-8-21(30)27-22(19)31/h1-3,5,9-10,19H,6,8,11-12H2,(H,26,29)(H,33,34)(H,27,30,31). The Kier molecular flexibility index (Phi) is 6.34. The van der Waals surface area contributed by atoms with Crippen LogP contribution in [0.4, 0.5) is 0 Å². The van der Waals surface area contributed by atoms with Crippen molar-refractivity contribution in [3.05, 3.63) is 69.2 Å². The number of carbonyl (C=O) groups is 5. The van der Waals surface area contributed by atoms with E-state index in [1.54, 1.807) is 18.2 Å². The van der Waals surface area contributed by atoms with Gasteiger partial charge in [-0.15, -0.1) is 0 Å². The highest BCUT2D eigenvalue weighted by Crippen LogP contribution is 2.28. The maximum absolute atomic E-state index is 12.7. The van der Waals surface area contributed by atoms with Crippen molar-refractivity contribution in [2.75, 3.05) is 0 Å². The normalized spacial score (nSPS) is 16.9. The van der Waals surface area contributed by atoms with Gasteiger partial charge in [-0.3, -0.25) is 24.5 Å². The summed E-state index contributed by atoms with van der Waals surface area (Å²) in [5.74, 6) is 2.27. The molecule has 0 saturated carbocycles. The first-order valence-corrected chi connectivity index (χ1v) is 10.7. The second kappa shape index (κ2) is 9.37. The van der Waals surface area contributed by atoms with E-state index < -0.39 is 23.8 Å². The number of carbonyl (C=O) groups excluding carboxylic acids is 4. The molecule has 2 heterocycles. The Morgan fingerprint density at radius 3 is 2.68 bits per heavy atom. The summed E-state index contributed by atoms with van der Waals surface area (Å²) in [6, 6.07) is 8.50. The maximum atomic E-state index is 12.7. The van der Waals surface area contributed by atoms with E-state index in [1.807, 2.05) is 0 Å². The molecule has 2 aliphatic heterocycles. The maximum Gasteiger partial charge on any atom is 0.335 e. The molecule has 2 aromatic rings. The lowest BCUT2D eigenvalue weighted by Crippen LogP contribution is -2.52. The number of benzene rings is 2. The monoisotopic (exact) mass is 479 g/mol. The fourth-order valence-electron chi connectivity index (χ4n) is 3.84. The van der Waals surface area contributed by atoms with E-state index in [1.165, 1.54) is 23.1 Å². The Morgan fingerprint density at radius 2 is 1.97 bits per heavy atom. The third-order valence-corrected chi connectivity index (χ3v) is 5.88. The van der Waals surface area contributed by atoms with Crippen molar-refractivity contribution in [1.82, 2.24) is 15.5 Å². The second-order valence-electron chi connectivity index (χ2n) is 7.82. The van der Waals surface area contributed by atoms with Crippen molar-refractivity contribution in [2.24, 2.45) is 0 Å². The molecular formula is C24H18ClN3O6. The molecule has 4 rings (SSSR count). The molecule has 1 fully saturated rings. The van der Waals surface area contributed by atoms with Crippen LogP contribution in [0.25, 0.3) is 0 Å². The molecule has 10 heteroatoms. The minimum atomic E-state index is -1.12. The average Bonchev–Trinajstić information content (AvgIpc) is 3.12. The van der Waals surface area contributed by atoms with E-state index in [2.05, 4.69) is 22.5 Å². The highest BCUT2D eigenvalue weighted by Gasteiger charge is 2.39. The molecule has 0 aromatic heterocycles. The molecule has 34 heavy (non-hydrogen) atoms. The van der Waals surface area contributed by atoms with Crippen LogP contribution in [0.15, 0.2) is 36.4 Å². The van der Waals surface area contributed by atoms with Gasteiger partial charge in [-0.05, 0) is 41.8 Å². The van der Waals surface area contributed by atoms with Crippen LogP contribution in [0.2, 0.25) is 5.02 Å². The van der Waals surface area contributed by atoms with Gasteiger partial charge < -0.3 is 15.3 Å². The number of hydrogen-bond acceptors (Lipinski definition) is 5. The van der Waals surface area contributed by atoms with Gasteiger partial charge >= 0.3 is 5.97 Å². The largest absolute Gasteiger partial charge is 0.478 e. The van der Waals surface area contributed by atoms with Gasteiger partial charge in [-0.1, -0.05) is 29.7 Å². The topological polar surface area (TPSA) is 133 Å². The van der Waals surface area contributed by atoms with E-state index in [9.17, 15) is 24.0 Å². The Morgan fingerprint density at radius 1 is 1.18 bits per heavy atom. The van der Waals surface area contributed by atoms with Gasteiger partial charge in [0.25, 0.3) is 11.8 Å². The van der Waals surface area contributed by atoms with Crippen molar-refractivity contribution >= 4 is 41.2 Å². The first-order valence-electron chi connectivity index (χ1n) is 10.3. The molecule has 1 unspecified atom stereocenters. The second-order valence-corrected chi connectivity index (χ2v) is 8.23. The number of fused-ring (bicyclic) bond motifs is 1. The number of amides is 4. The summed E-state index contributed by atoms with van der Waals surface area (Å²) in [5.41, 5.74) is 2.31. The van der Waals surface area contributed by atoms with Gasteiger partial charge in [0.2, 0.25) is 11.8 Å². The quantitative estimate of drug-likeness (QED) is 0.449. The first kappa shape index (κ1) is 23.0. The van der Waals surface area contributed by atoms with Crippen LogP contribution in [0.1, 0.15) is 50.2 Å². The summed E-state index contributed by atoms with van der Waals surface area (Å²) in [5, 5.41) is 14.0. The molecule has 0 aliphatic carbocycles. The molecule has 0 radical (unpaired) electrons. The van der Waals surface area contributed by atoms with Gasteiger partial charge in [0.05, 0.1) is 10.6 Å². The van der Waals surface area contributed by atoms with E-state index >= 15 is 0 Å². The molecule has 3 N–H and O–H groups in total. The van der Waals surface area contributed by atoms with Gasteiger partial charge in [0, 0.05) is 36.6 Å². The van der Waals surface area contributed by atoms with Crippen LogP contribution >= 0.6 is 11.6 Å². The molecule has 4 amide bonds. The fraction of sp³-hybridized carbons (Fsp3) is 0.208. The predicted octanol–water partition coefficient (Wildman–Crippen LogP) is 1.47. The van der Waals surface area contributed by atoms with Crippen molar-refractivity contribution in [2.45, 2.75) is 32.0 Å². The molecule has 172 valence electrons. The van der Waals surface area contributed by atoms with Gasteiger partial charge in [-0.25, -0.2) is 4.79 Å². The molecule has 2 aromatic carbocycles. The van der Waals surface area contributed by atoms with Crippen LogP contribution in [-0.4, -0.2) is 45.6 Å². The smallest absolute Gasteiger partial charge is 0.335 e. The lowest BCUT2D eigenvalue weighted by atomic mass is 10.0. The zero-order valence-electron chi connectivity index (χ0n) is 17.7. The summed E-state index contributed by atoms with van der Waals surface area (Å²) < 4.78 is 0. The zero-order valence-corrected chi connectivity index (χ0v) is 18.4. The number of nitrogens with zero attached hydrogens (tertiary/aromatic N) is 1. The summed E-state index contributed by atoms with van der Waals surface area (Å²) >= 11 is 6.01. The van der Waals surface area contributed by atoms with Gasteiger partial charge in [0.15, 0.2) is 0 Å². The number of aromatic carboxylic acids is 1. The first-order chi connectivity index (χ1) is 16.2. The lowest BCUT2D eigenvalue weighted by Gasteiger charge is -2.29. The number of carboxylic acid groups (broad SMARTS) is 1. The third-order valence-electron chi connectivity index (χ3n) is 5.57. The van der Waals surface area contributed by atoms with Crippen molar-refractivity contribution in [1.29, 1.82) is 0 Å². The molecule has 1 atom stereocenters. The van der Waals surface area contributed by atoms with E-state index in [4.69, 9.17) is 16.7 Å². The fourth-order valence-corrected chi connectivity index (χ4v) is 4.07. The van der Waals surface area contributed by atoms with Crippen LogP contribution < -0.4 is 10.6 Å². The Balaban J connectivity index is 1.38. The van der Waals surface area contributed by atoms with Crippen LogP contribution in [0.5, 0.6) is 0 Å². The van der Waals surface area contributed by atoms with Crippen molar-refractivity contribution in [3.63, 3.8) is 0 Å². The summed E-state index contributed by atoms with van der Waals surface area (Å²) in [4.78, 5) is 60.8. The zero-order chi connectivity index (χ0) is 24.4. The number of carboxylic acids is 1. The highest BCUT2D eigenvalue weighted by atomic mass is 35.5. The number of rotatable bonds is 4. The van der Waals surface area contributed by atoms with E-state index in [0.29, 0.717) is 11.1 Å². The Hall–Kier alpha value is -4.16. The number of nitrogens with one attached hydrogen (secondary N) is 2. The number of hydrogen-bond donors (Lipinski definition) is 3. The Labute approximate surface area is 199 Å². The summed E-state index contributed by atoms with van der Waals surface area (Å²) in [6.45, 7) is 0.409. The van der Waals surface area contributed by atoms with Gasteiger partial charge in [0.1, 0.15) is 6.04 Å². The molecule has 1 saturated heterocycles. The SMILES string of the molecule is O=C(C#Cc1ccc(C(=O)O)cc1Cl)NCc1ccc2c(c1)CN(C1CCC(=O)NC1=O)C2=O.